The monoisotopic (exact) mass is 398 g/mol. The summed E-state index contributed by atoms with van der Waals surface area (Å²) in [4.78, 5) is 16.9. The van der Waals surface area contributed by atoms with Crippen molar-refractivity contribution in [2.24, 2.45) is 0 Å². The van der Waals surface area contributed by atoms with Gasteiger partial charge in [-0.1, -0.05) is 30.3 Å². The van der Waals surface area contributed by atoms with E-state index in [0.29, 0.717) is 6.54 Å². The van der Waals surface area contributed by atoms with Crippen molar-refractivity contribution in [1.29, 1.82) is 0 Å². The molecule has 2 aromatic rings. The highest BCUT2D eigenvalue weighted by atomic mass is 32.2. The Morgan fingerprint density at radius 2 is 1.61 bits per heavy atom. The largest absolute Gasteiger partial charge is 0.306 e. The van der Waals surface area contributed by atoms with E-state index in [1.165, 1.54) is 0 Å². The molecule has 2 atom stereocenters. The van der Waals surface area contributed by atoms with Gasteiger partial charge in [-0.2, -0.15) is 0 Å². The fourth-order valence-electron chi connectivity index (χ4n) is 4.56. The number of rotatable bonds is 3. The minimum Gasteiger partial charge on any atom is -0.306 e. The third kappa shape index (κ3) is 3.59. The molecule has 5 nitrogen and oxygen atoms in total. The van der Waals surface area contributed by atoms with Gasteiger partial charge in [-0.15, -0.1) is 0 Å². The normalized spacial score (nSPS) is 24.4. The van der Waals surface area contributed by atoms with E-state index >= 15 is 0 Å². The average molecular weight is 399 g/mol. The Morgan fingerprint density at radius 3 is 2.29 bits per heavy atom. The molecule has 2 unspecified atom stereocenters. The number of sulfone groups is 1. The Kier molecular flexibility index (Phi) is 4.79. The van der Waals surface area contributed by atoms with Crippen molar-refractivity contribution in [2.75, 3.05) is 23.0 Å². The molecule has 0 bridgehead atoms. The number of hydrogen-bond acceptors (Lipinski definition) is 4. The van der Waals surface area contributed by atoms with E-state index < -0.39 is 9.84 Å². The quantitative estimate of drug-likeness (QED) is 0.798. The lowest BCUT2D eigenvalue weighted by molar-refractivity contribution is -0.123. The summed E-state index contributed by atoms with van der Waals surface area (Å²) in [5, 5.41) is 0. The molecule has 2 saturated heterocycles. The molecule has 0 aliphatic carbocycles. The molecule has 2 aliphatic heterocycles. The van der Waals surface area contributed by atoms with E-state index in [4.69, 9.17) is 0 Å². The van der Waals surface area contributed by atoms with Crippen LogP contribution in [0.4, 0.5) is 5.69 Å². The standard InChI is InChI=1S/C22H26N2O3S/c1-15-8-16(2)10-19(9-15)24-21-14-28(26,27)13-20(21)23(12-22(24)25)11-18-7-5-4-6-17(18)3/h4-10,20-21H,11-14H2,1-3H3. The second-order valence-corrected chi connectivity index (χ2v) is 10.3. The van der Waals surface area contributed by atoms with Crippen LogP contribution in [0.2, 0.25) is 0 Å². The van der Waals surface area contributed by atoms with Crippen molar-refractivity contribution in [3.05, 3.63) is 64.7 Å². The van der Waals surface area contributed by atoms with Crippen LogP contribution in [0.15, 0.2) is 42.5 Å². The average Bonchev–Trinajstić information content (AvgIpc) is 2.91. The van der Waals surface area contributed by atoms with Gasteiger partial charge in [-0.3, -0.25) is 9.69 Å². The number of amides is 1. The maximum absolute atomic E-state index is 13.1. The molecule has 2 fully saturated rings. The first kappa shape index (κ1) is 19.2. The number of fused-ring (bicyclic) bond motifs is 1. The van der Waals surface area contributed by atoms with Gasteiger partial charge in [-0.05, 0) is 55.2 Å². The lowest BCUT2D eigenvalue weighted by Crippen LogP contribution is -2.61. The van der Waals surface area contributed by atoms with Crippen LogP contribution in [0, 0.1) is 20.8 Å². The molecule has 0 spiro atoms. The molecule has 0 saturated carbocycles. The van der Waals surface area contributed by atoms with Gasteiger partial charge in [0.1, 0.15) is 0 Å². The Labute approximate surface area is 166 Å². The first-order valence-electron chi connectivity index (χ1n) is 9.63. The van der Waals surface area contributed by atoms with Gasteiger partial charge in [0.2, 0.25) is 5.91 Å². The maximum Gasteiger partial charge on any atom is 0.241 e. The molecule has 148 valence electrons. The number of benzene rings is 2. The number of carbonyl (C=O) groups is 1. The minimum absolute atomic E-state index is 0.0284. The Balaban J connectivity index is 1.70. The van der Waals surface area contributed by atoms with Crippen molar-refractivity contribution >= 4 is 21.4 Å². The van der Waals surface area contributed by atoms with Crippen molar-refractivity contribution in [2.45, 2.75) is 39.4 Å². The molecule has 1 amide bonds. The van der Waals surface area contributed by atoms with Crippen LogP contribution >= 0.6 is 0 Å². The fraction of sp³-hybridized carbons (Fsp3) is 0.409. The third-order valence-electron chi connectivity index (χ3n) is 5.82. The highest BCUT2D eigenvalue weighted by Gasteiger charge is 2.49. The van der Waals surface area contributed by atoms with Gasteiger partial charge in [0, 0.05) is 18.3 Å². The van der Waals surface area contributed by atoms with Crippen LogP contribution in [-0.2, 0) is 21.2 Å². The topological polar surface area (TPSA) is 57.7 Å². The van der Waals surface area contributed by atoms with Gasteiger partial charge in [0.25, 0.3) is 0 Å². The van der Waals surface area contributed by atoms with E-state index in [1.807, 2.05) is 51.1 Å². The summed E-state index contributed by atoms with van der Waals surface area (Å²) in [5.74, 6) is 0.107. The molecule has 2 aromatic carbocycles. The molecule has 0 aromatic heterocycles. The van der Waals surface area contributed by atoms with Gasteiger partial charge < -0.3 is 4.90 Å². The van der Waals surface area contributed by atoms with Gasteiger partial charge >= 0.3 is 0 Å². The molecule has 2 aliphatic rings. The van der Waals surface area contributed by atoms with Crippen LogP contribution in [0.3, 0.4) is 0 Å². The number of hydrogen-bond donors (Lipinski definition) is 0. The van der Waals surface area contributed by atoms with E-state index in [0.717, 1.165) is 27.9 Å². The minimum atomic E-state index is -3.18. The van der Waals surface area contributed by atoms with Gasteiger partial charge in [0.05, 0.1) is 24.1 Å². The van der Waals surface area contributed by atoms with E-state index in [-0.39, 0.29) is 36.0 Å². The zero-order chi connectivity index (χ0) is 20.1. The van der Waals surface area contributed by atoms with E-state index in [2.05, 4.69) is 17.0 Å². The zero-order valence-electron chi connectivity index (χ0n) is 16.6. The summed E-state index contributed by atoms with van der Waals surface area (Å²) in [7, 11) is -3.18. The van der Waals surface area contributed by atoms with Crippen LogP contribution < -0.4 is 4.90 Å². The third-order valence-corrected chi connectivity index (χ3v) is 7.52. The van der Waals surface area contributed by atoms with Crippen LogP contribution in [-0.4, -0.2) is 49.4 Å². The van der Waals surface area contributed by atoms with Crippen LogP contribution in [0.5, 0.6) is 0 Å². The van der Waals surface area contributed by atoms with Crippen LogP contribution in [0.1, 0.15) is 22.3 Å². The number of aryl methyl sites for hydroxylation is 3. The maximum atomic E-state index is 13.1. The number of carbonyl (C=O) groups excluding carboxylic acids is 1. The van der Waals surface area contributed by atoms with Gasteiger partial charge in [0.15, 0.2) is 9.84 Å². The first-order chi connectivity index (χ1) is 13.2. The zero-order valence-corrected chi connectivity index (χ0v) is 17.4. The SMILES string of the molecule is Cc1cc(C)cc(N2C(=O)CN(Cc3ccccc3C)C3CS(=O)(=O)CC32)c1. The smallest absolute Gasteiger partial charge is 0.241 e. The molecule has 4 rings (SSSR count). The Bertz CT molecular complexity index is 1010. The van der Waals surface area contributed by atoms with E-state index in [1.54, 1.807) is 4.90 Å². The second-order valence-electron chi connectivity index (χ2n) is 8.15. The van der Waals surface area contributed by atoms with Crippen molar-refractivity contribution < 1.29 is 13.2 Å². The Morgan fingerprint density at radius 1 is 0.964 bits per heavy atom. The van der Waals surface area contributed by atoms with Crippen molar-refractivity contribution in [3.8, 4) is 0 Å². The molecule has 0 radical (unpaired) electrons. The van der Waals surface area contributed by atoms with Crippen LogP contribution in [0.25, 0.3) is 0 Å². The predicted molar refractivity (Wildman–Crippen MR) is 111 cm³/mol. The van der Waals surface area contributed by atoms with E-state index in [9.17, 15) is 13.2 Å². The van der Waals surface area contributed by atoms with Gasteiger partial charge in [-0.25, -0.2) is 8.42 Å². The molecule has 6 heteroatoms. The lowest BCUT2D eigenvalue weighted by atomic mass is 10.00. The summed E-state index contributed by atoms with van der Waals surface area (Å²) in [5.41, 5.74) is 5.25. The second kappa shape index (κ2) is 7.01. The molecular weight excluding hydrogens is 372 g/mol. The van der Waals surface area contributed by atoms with Crippen molar-refractivity contribution in [3.63, 3.8) is 0 Å². The first-order valence-corrected chi connectivity index (χ1v) is 11.4. The molecule has 0 N–H and O–H groups in total. The summed E-state index contributed by atoms with van der Waals surface area (Å²) >= 11 is 0. The highest BCUT2D eigenvalue weighted by Crippen LogP contribution is 2.33. The summed E-state index contributed by atoms with van der Waals surface area (Å²) in [6.45, 7) is 6.87. The fourth-order valence-corrected chi connectivity index (χ4v) is 6.54. The predicted octanol–water partition coefficient (Wildman–Crippen LogP) is 2.63. The number of nitrogens with zero attached hydrogens (tertiary/aromatic N) is 2. The Hall–Kier alpha value is -2.18. The lowest BCUT2D eigenvalue weighted by Gasteiger charge is -2.43. The molecular formula is C22H26N2O3S. The molecule has 28 heavy (non-hydrogen) atoms. The van der Waals surface area contributed by atoms with Crippen molar-refractivity contribution in [1.82, 2.24) is 4.90 Å². The summed E-state index contributed by atoms with van der Waals surface area (Å²) < 4.78 is 25.0. The highest BCUT2D eigenvalue weighted by molar-refractivity contribution is 7.91. The number of anilines is 1. The molecule has 2 heterocycles. The summed E-state index contributed by atoms with van der Waals surface area (Å²) in [6, 6.07) is 13.6. The summed E-state index contributed by atoms with van der Waals surface area (Å²) in [6.07, 6.45) is 0. The number of piperazine rings is 1.